The van der Waals surface area contributed by atoms with Crippen LogP contribution in [0.2, 0.25) is 0 Å². The van der Waals surface area contributed by atoms with Crippen molar-refractivity contribution >= 4 is 17.9 Å². The highest BCUT2D eigenvalue weighted by Crippen LogP contribution is 2.30. The van der Waals surface area contributed by atoms with E-state index in [4.69, 9.17) is 4.74 Å². The number of ether oxygens (including phenoxy) is 2. The first-order valence-electron chi connectivity index (χ1n) is 4.07. The average molecular weight is 184 g/mol. The van der Waals surface area contributed by atoms with Crippen molar-refractivity contribution in [1.82, 2.24) is 0 Å². The van der Waals surface area contributed by atoms with Gasteiger partial charge in [-0.15, -0.1) is 0 Å². The van der Waals surface area contributed by atoms with E-state index in [1.54, 1.807) is 0 Å². The van der Waals surface area contributed by atoms with Crippen LogP contribution in [0.3, 0.4) is 0 Å². The fraction of sp³-hybridized carbons (Fsp3) is 0.625. The van der Waals surface area contributed by atoms with Gasteiger partial charge in [0.1, 0.15) is 0 Å². The zero-order chi connectivity index (χ0) is 9.42. The van der Waals surface area contributed by atoms with E-state index in [-0.39, 0.29) is 31.3 Å². The Morgan fingerprint density at radius 3 is 2.31 bits per heavy atom. The Labute approximate surface area is 74.0 Å². The monoisotopic (exact) mass is 184 g/mol. The molecule has 2 heterocycles. The minimum atomic E-state index is -0.520. The maximum Gasteiger partial charge on any atom is 0.317 e. The lowest BCUT2D eigenvalue weighted by Gasteiger charge is -2.08. The molecule has 13 heavy (non-hydrogen) atoms. The van der Waals surface area contributed by atoms with Gasteiger partial charge in [-0.05, 0) is 0 Å². The Bertz CT molecular complexity index is 282. The number of carbonyl (C=O) groups is 3. The standard InChI is InChI=1S/C8H8O5/c9-6-1-4(3-12-6)5-2-7(10)13-8(5)11/h4-5H,1-3H2. The van der Waals surface area contributed by atoms with Gasteiger partial charge in [0.2, 0.25) is 0 Å². The van der Waals surface area contributed by atoms with Crippen LogP contribution in [0.15, 0.2) is 0 Å². The summed E-state index contributed by atoms with van der Waals surface area (Å²) in [4.78, 5) is 32.5. The van der Waals surface area contributed by atoms with E-state index in [1.807, 2.05) is 0 Å². The number of carbonyl (C=O) groups excluding carboxylic acids is 3. The quantitative estimate of drug-likeness (QED) is 0.411. The number of cyclic esters (lactones) is 3. The SMILES string of the molecule is O=C1CC(C2CC(=O)OC2=O)CO1. The van der Waals surface area contributed by atoms with Crippen LogP contribution in [0.4, 0.5) is 0 Å². The predicted octanol–water partition coefficient (Wildman–Crippen LogP) is -0.361. The number of hydrogen-bond donors (Lipinski definition) is 0. The highest BCUT2D eigenvalue weighted by Gasteiger charge is 2.42. The second kappa shape index (κ2) is 2.83. The third-order valence-corrected chi connectivity index (χ3v) is 2.36. The number of esters is 3. The molecule has 2 fully saturated rings. The molecule has 2 rings (SSSR count). The lowest BCUT2D eigenvalue weighted by molar-refractivity contribution is -0.153. The Morgan fingerprint density at radius 1 is 1.08 bits per heavy atom. The van der Waals surface area contributed by atoms with Crippen molar-refractivity contribution in [2.75, 3.05) is 6.61 Å². The second-order valence-corrected chi connectivity index (χ2v) is 3.25. The minimum absolute atomic E-state index is 0.0835. The van der Waals surface area contributed by atoms with E-state index in [0.717, 1.165) is 0 Å². The lowest BCUT2D eigenvalue weighted by atomic mass is 9.90. The van der Waals surface area contributed by atoms with Crippen molar-refractivity contribution in [3.63, 3.8) is 0 Å². The van der Waals surface area contributed by atoms with Gasteiger partial charge in [0.05, 0.1) is 25.4 Å². The van der Waals surface area contributed by atoms with Crippen LogP contribution in [0.5, 0.6) is 0 Å². The van der Waals surface area contributed by atoms with Gasteiger partial charge in [-0.3, -0.25) is 14.4 Å². The van der Waals surface area contributed by atoms with E-state index >= 15 is 0 Å². The topological polar surface area (TPSA) is 69.7 Å². The number of rotatable bonds is 1. The molecule has 0 spiro atoms. The summed E-state index contributed by atoms with van der Waals surface area (Å²) in [6, 6.07) is 0. The van der Waals surface area contributed by atoms with Gasteiger partial charge in [0.25, 0.3) is 0 Å². The molecule has 2 saturated heterocycles. The molecule has 2 unspecified atom stereocenters. The summed E-state index contributed by atoms with van der Waals surface area (Å²) in [5.41, 5.74) is 0. The minimum Gasteiger partial charge on any atom is -0.465 e. The van der Waals surface area contributed by atoms with Gasteiger partial charge < -0.3 is 9.47 Å². The Balaban J connectivity index is 2.05. The molecule has 70 valence electrons. The molecule has 0 radical (unpaired) electrons. The predicted molar refractivity (Wildman–Crippen MR) is 38.3 cm³/mol. The normalized spacial score (nSPS) is 33.4. The first-order chi connectivity index (χ1) is 6.16. The molecular formula is C8H8O5. The Morgan fingerprint density at radius 2 is 1.85 bits per heavy atom. The second-order valence-electron chi connectivity index (χ2n) is 3.25. The molecular weight excluding hydrogens is 176 g/mol. The van der Waals surface area contributed by atoms with Crippen LogP contribution in [-0.4, -0.2) is 24.5 Å². The van der Waals surface area contributed by atoms with Crippen molar-refractivity contribution in [3.8, 4) is 0 Å². The molecule has 0 aliphatic carbocycles. The molecule has 0 aromatic rings. The average Bonchev–Trinajstić information content (AvgIpc) is 2.58. The third kappa shape index (κ3) is 1.41. The highest BCUT2D eigenvalue weighted by molar-refractivity contribution is 5.95. The van der Waals surface area contributed by atoms with Gasteiger partial charge in [-0.25, -0.2) is 0 Å². The molecule has 0 saturated carbocycles. The van der Waals surface area contributed by atoms with Crippen LogP contribution in [0.25, 0.3) is 0 Å². The highest BCUT2D eigenvalue weighted by atomic mass is 16.6. The summed E-state index contributed by atoms with van der Waals surface area (Å²) in [6.45, 7) is 0.228. The molecule has 5 heteroatoms. The van der Waals surface area contributed by atoms with E-state index in [1.165, 1.54) is 0 Å². The zero-order valence-electron chi connectivity index (χ0n) is 6.82. The van der Waals surface area contributed by atoms with Crippen molar-refractivity contribution in [2.45, 2.75) is 12.8 Å². The first-order valence-corrected chi connectivity index (χ1v) is 4.07. The maximum atomic E-state index is 11.1. The van der Waals surface area contributed by atoms with Crippen molar-refractivity contribution < 1.29 is 23.9 Å². The van der Waals surface area contributed by atoms with Crippen molar-refractivity contribution in [1.29, 1.82) is 0 Å². The Hall–Kier alpha value is -1.39. The summed E-state index contributed by atoms with van der Waals surface area (Å²) in [5, 5.41) is 0. The summed E-state index contributed by atoms with van der Waals surface area (Å²) < 4.78 is 9.08. The fourth-order valence-corrected chi connectivity index (χ4v) is 1.64. The zero-order valence-corrected chi connectivity index (χ0v) is 6.82. The smallest absolute Gasteiger partial charge is 0.317 e. The molecule has 0 N–H and O–H groups in total. The molecule has 0 aromatic heterocycles. The summed E-state index contributed by atoms with van der Waals surface area (Å²) in [5.74, 6) is -1.98. The molecule has 2 atom stereocenters. The lowest BCUT2D eigenvalue weighted by Crippen LogP contribution is -2.19. The van der Waals surface area contributed by atoms with E-state index in [9.17, 15) is 14.4 Å². The maximum absolute atomic E-state index is 11.1. The number of hydrogen-bond acceptors (Lipinski definition) is 5. The van der Waals surface area contributed by atoms with Crippen LogP contribution < -0.4 is 0 Å². The van der Waals surface area contributed by atoms with Gasteiger partial charge in [0.15, 0.2) is 0 Å². The van der Waals surface area contributed by atoms with Crippen LogP contribution in [0, 0.1) is 11.8 Å². The Kier molecular flexibility index (Phi) is 1.79. The summed E-state index contributed by atoms with van der Waals surface area (Å²) in [7, 11) is 0. The molecule has 5 nitrogen and oxygen atoms in total. The molecule has 2 aliphatic heterocycles. The van der Waals surface area contributed by atoms with Crippen molar-refractivity contribution in [2.24, 2.45) is 11.8 Å². The molecule has 2 aliphatic rings. The van der Waals surface area contributed by atoms with E-state index < -0.39 is 17.9 Å². The van der Waals surface area contributed by atoms with Gasteiger partial charge >= 0.3 is 17.9 Å². The molecule has 0 bridgehead atoms. The molecule has 0 aromatic carbocycles. The van der Waals surface area contributed by atoms with E-state index in [0.29, 0.717) is 0 Å². The third-order valence-electron chi connectivity index (χ3n) is 2.36. The van der Waals surface area contributed by atoms with Gasteiger partial charge in [-0.2, -0.15) is 0 Å². The van der Waals surface area contributed by atoms with Crippen LogP contribution >= 0.6 is 0 Å². The van der Waals surface area contributed by atoms with Gasteiger partial charge in [-0.1, -0.05) is 0 Å². The van der Waals surface area contributed by atoms with Crippen LogP contribution in [0.1, 0.15) is 12.8 Å². The van der Waals surface area contributed by atoms with Gasteiger partial charge in [0, 0.05) is 5.92 Å². The largest absolute Gasteiger partial charge is 0.465 e. The molecule has 0 amide bonds. The van der Waals surface area contributed by atoms with Crippen LogP contribution in [-0.2, 0) is 23.9 Å². The fourth-order valence-electron chi connectivity index (χ4n) is 1.64. The summed E-state index contributed by atoms with van der Waals surface area (Å²) in [6.07, 6.45) is 0.299. The first kappa shape index (κ1) is 8.22. The summed E-state index contributed by atoms with van der Waals surface area (Å²) >= 11 is 0. The van der Waals surface area contributed by atoms with E-state index in [2.05, 4.69) is 4.74 Å². The van der Waals surface area contributed by atoms with Crippen molar-refractivity contribution in [3.05, 3.63) is 0 Å².